The molecule has 6 heteroatoms. The highest BCUT2D eigenvalue weighted by Gasteiger charge is 2.14. The first-order chi connectivity index (χ1) is 12.5. The zero-order valence-corrected chi connectivity index (χ0v) is 17.3. The Hall–Kier alpha value is -2.73. The van der Waals surface area contributed by atoms with Gasteiger partial charge in [0.05, 0.1) is 0 Å². The Morgan fingerprint density at radius 2 is 1.59 bits per heavy atom. The molecular weight excluding hydrogens is 358 g/mol. The van der Waals surface area contributed by atoms with Gasteiger partial charge in [-0.1, -0.05) is 39.5 Å². The predicted molar refractivity (Wildman–Crippen MR) is 114 cm³/mol. The van der Waals surface area contributed by atoms with Gasteiger partial charge in [-0.15, -0.1) is 0 Å². The lowest BCUT2D eigenvalue weighted by Crippen LogP contribution is -2.38. The largest absolute Gasteiger partial charge is 0.332 e. The molecule has 27 heavy (non-hydrogen) atoms. The molecule has 0 spiro atoms. The Balaban J connectivity index is 2.73. The first kappa shape index (κ1) is 22.3. The minimum absolute atomic E-state index is 0.0262. The van der Waals surface area contributed by atoms with Crippen molar-refractivity contribution >= 4 is 29.1 Å². The number of amides is 2. The van der Waals surface area contributed by atoms with E-state index in [1.165, 1.54) is 6.92 Å². The summed E-state index contributed by atoms with van der Waals surface area (Å²) in [4.78, 5) is 23.3. The second-order valence-electron chi connectivity index (χ2n) is 7.09. The van der Waals surface area contributed by atoms with Crippen LogP contribution in [0.5, 0.6) is 0 Å². The van der Waals surface area contributed by atoms with Crippen LogP contribution in [0.4, 0.5) is 0 Å². The van der Waals surface area contributed by atoms with Gasteiger partial charge < -0.3 is 10.6 Å². The van der Waals surface area contributed by atoms with Crippen LogP contribution in [0, 0.1) is 0 Å². The monoisotopic (exact) mass is 385 g/mol. The third-order valence-electron chi connectivity index (χ3n) is 3.60. The quantitative estimate of drug-likeness (QED) is 0.534. The molecule has 1 aromatic carbocycles. The predicted octanol–water partition coefficient (Wildman–Crippen LogP) is 3.70. The molecule has 0 fully saturated rings. The Bertz CT molecular complexity index is 785. The second kappa shape index (κ2) is 9.83. The van der Waals surface area contributed by atoms with Crippen LogP contribution in [0.15, 0.2) is 60.5 Å². The van der Waals surface area contributed by atoms with Gasteiger partial charge in [-0.3, -0.25) is 14.9 Å². The molecule has 0 radical (unpaired) electrons. The van der Waals surface area contributed by atoms with E-state index in [4.69, 9.17) is 12.2 Å². The third-order valence-corrected chi connectivity index (χ3v) is 3.81. The fraction of sp³-hybridized carbons (Fsp3) is 0.286. The van der Waals surface area contributed by atoms with E-state index in [0.29, 0.717) is 17.0 Å². The van der Waals surface area contributed by atoms with Gasteiger partial charge in [0.25, 0.3) is 5.91 Å². The molecule has 0 aromatic heterocycles. The fourth-order valence-corrected chi connectivity index (χ4v) is 2.36. The number of allylic oxidation sites excluding steroid dienone is 4. The highest BCUT2D eigenvalue weighted by molar-refractivity contribution is 7.80. The zero-order valence-electron chi connectivity index (χ0n) is 16.5. The van der Waals surface area contributed by atoms with E-state index >= 15 is 0 Å². The fourth-order valence-electron chi connectivity index (χ4n) is 2.15. The van der Waals surface area contributed by atoms with Crippen molar-refractivity contribution in [2.75, 3.05) is 0 Å². The number of rotatable bonds is 5. The molecule has 0 saturated heterocycles. The van der Waals surface area contributed by atoms with Gasteiger partial charge in [-0.2, -0.15) is 0 Å². The molecule has 0 aliphatic carbocycles. The maximum Gasteiger partial charge on any atom is 0.257 e. The molecule has 144 valence electrons. The molecule has 0 atom stereocenters. The summed E-state index contributed by atoms with van der Waals surface area (Å²) in [6.45, 7) is 13.3. The number of hydrogen-bond donors (Lipinski definition) is 3. The van der Waals surface area contributed by atoms with Gasteiger partial charge in [-0.05, 0) is 60.5 Å². The Kier molecular flexibility index (Phi) is 8.12. The first-order valence-corrected chi connectivity index (χ1v) is 8.95. The maximum absolute atomic E-state index is 12.3. The number of nitrogens with one attached hydrogen (secondary N) is 3. The number of thiocarbonyl (C=S) groups is 1. The van der Waals surface area contributed by atoms with Crippen LogP contribution in [0.3, 0.4) is 0 Å². The number of hydrogen-bond acceptors (Lipinski definition) is 3. The number of carbonyl (C=O) groups excluding carboxylic acids is 2. The molecule has 0 saturated carbocycles. The van der Waals surface area contributed by atoms with E-state index in [1.807, 2.05) is 12.1 Å². The zero-order chi connectivity index (χ0) is 20.6. The summed E-state index contributed by atoms with van der Waals surface area (Å²) < 4.78 is 0. The smallest absolute Gasteiger partial charge is 0.257 e. The molecule has 0 aliphatic rings. The van der Waals surface area contributed by atoms with Gasteiger partial charge in [0.1, 0.15) is 0 Å². The first-order valence-electron chi connectivity index (χ1n) is 8.54. The van der Waals surface area contributed by atoms with Gasteiger partial charge >= 0.3 is 0 Å². The summed E-state index contributed by atoms with van der Waals surface area (Å²) in [7, 11) is 0. The van der Waals surface area contributed by atoms with E-state index in [0.717, 1.165) is 5.56 Å². The van der Waals surface area contributed by atoms with Crippen molar-refractivity contribution in [3.05, 3.63) is 71.6 Å². The summed E-state index contributed by atoms with van der Waals surface area (Å²) in [5.41, 5.74) is 2.97. The average molecular weight is 386 g/mol. The van der Waals surface area contributed by atoms with E-state index in [-0.39, 0.29) is 22.3 Å². The van der Waals surface area contributed by atoms with Crippen LogP contribution >= 0.6 is 12.2 Å². The SMILES string of the molecule is C=C/C(=C\C=C(/C)NC(C)=O)NC(=S)NC(=O)c1ccc(C(C)(C)C)cc1. The van der Waals surface area contributed by atoms with Crippen LogP contribution < -0.4 is 16.0 Å². The van der Waals surface area contributed by atoms with E-state index < -0.39 is 0 Å². The second-order valence-corrected chi connectivity index (χ2v) is 7.50. The standard InChI is InChI=1S/C21H27N3O2S/c1-7-18(13-8-14(2)22-15(3)25)23-20(27)24-19(26)16-9-11-17(12-10-16)21(4,5)6/h7-13H,1H2,2-6H3,(H,22,25)(H2,23,24,26,27)/b14-8+,18-13+. The molecule has 0 bridgehead atoms. The van der Waals surface area contributed by atoms with Gasteiger partial charge in [0.15, 0.2) is 5.11 Å². The molecule has 1 rings (SSSR count). The van der Waals surface area contributed by atoms with Crippen molar-refractivity contribution in [3.63, 3.8) is 0 Å². The van der Waals surface area contributed by atoms with Crippen molar-refractivity contribution in [2.24, 2.45) is 0 Å². The molecule has 0 unspecified atom stereocenters. The summed E-state index contributed by atoms with van der Waals surface area (Å²) in [5, 5.41) is 8.36. The Labute approximate surface area is 166 Å². The van der Waals surface area contributed by atoms with Crippen LogP contribution in [-0.4, -0.2) is 16.9 Å². The number of benzene rings is 1. The third kappa shape index (κ3) is 8.00. The Morgan fingerprint density at radius 3 is 2.07 bits per heavy atom. The van der Waals surface area contributed by atoms with Crippen LogP contribution in [-0.2, 0) is 10.2 Å². The van der Waals surface area contributed by atoms with E-state index in [2.05, 4.69) is 43.3 Å². The lowest BCUT2D eigenvalue weighted by Gasteiger charge is -2.19. The Morgan fingerprint density at radius 1 is 1.00 bits per heavy atom. The van der Waals surface area contributed by atoms with Crippen molar-refractivity contribution in [3.8, 4) is 0 Å². The van der Waals surface area contributed by atoms with E-state index in [1.54, 1.807) is 37.3 Å². The summed E-state index contributed by atoms with van der Waals surface area (Å²) in [6.07, 6.45) is 4.98. The summed E-state index contributed by atoms with van der Waals surface area (Å²) in [6, 6.07) is 7.44. The summed E-state index contributed by atoms with van der Waals surface area (Å²) >= 11 is 5.19. The van der Waals surface area contributed by atoms with Crippen molar-refractivity contribution < 1.29 is 9.59 Å². The summed E-state index contributed by atoms with van der Waals surface area (Å²) in [5.74, 6) is -0.438. The van der Waals surface area contributed by atoms with Gasteiger partial charge in [-0.25, -0.2) is 0 Å². The highest BCUT2D eigenvalue weighted by Crippen LogP contribution is 2.22. The minimum atomic E-state index is -0.290. The topological polar surface area (TPSA) is 70.2 Å². The van der Waals surface area contributed by atoms with Gasteiger partial charge in [0, 0.05) is 23.9 Å². The minimum Gasteiger partial charge on any atom is -0.332 e. The highest BCUT2D eigenvalue weighted by atomic mass is 32.1. The van der Waals surface area contributed by atoms with Crippen molar-refractivity contribution in [2.45, 2.75) is 40.0 Å². The number of carbonyl (C=O) groups is 2. The average Bonchev–Trinajstić information content (AvgIpc) is 2.57. The normalized spacial score (nSPS) is 12.2. The molecule has 0 heterocycles. The van der Waals surface area contributed by atoms with Crippen LogP contribution in [0.25, 0.3) is 0 Å². The molecule has 5 nitrogen and oxygen atoms in total. The lowest BCUT2D eigenvalue weighted by atomic mass is 9.87. The molecule has 2 amide bonds. The van der Waals surface area contributed by atoms with Crippen LogP contribution in [0.1, 0.15) is 50.5 Å². The van der Waals surface area contributed by atoms with Crippen molar-refractivity contribution in [1.82, 2.24) is 16.0 Å². The molecule has 0 aliphatic heterocycles. The molecule has 1 aromatic rings. The van der Waals surface area contributed by atoms with E-state index in [9.17, 15) is 9.59 Å². The van der Waals surface area contributed by atoms with Gasteiger partial charge in [0.2, 0.25) is 5.91 Å². The molecular formula is C21H27N3O2S. The molecule has 3 N–H and O–H groups in total. The van der Waals surface area contributed by atoms with Crippen LogP contribution in [0.2, 0.25) is 0 Å². The lowest BCUT2D eigenvalue weighted by molar-refractivity contribution is -0.118. The maximum atomic E-state index is 12.3. The van der Waals surface area contributed by atoms with Crippen molar-refractivity contribution in [1.29, 1.82) is 0 Å².